The molecule has 0 aliphatic carbocycles. The topological polar surface area (TPSA) is 106 Å². The quantitative estimate of drug-likeness (QED) is 0.227. The molecule has 2 heterocycles. The number of thiazole rings is 1. The predicted octanol–water partition coefficient (Wildman–Crippen LogP) is 4.67. The number of hydrogen-bond donors (Lipinski definition) is 1. The normalized spacial score (nSPS) is 17.1. The third kappa shape index (κ3) is 4.26. The number of carbonyl (C=O) groups is 3. The van der Waals surface area contributed by atoms with Gasteiger partial charge in [0.25, 0.3) is 5.78 Å². The van der Waals surface area contributed by atoms with Crippen LogP contribution in [-0.2, 0) is 14.3 Å². The first-order valence-electron chi connectivity index (χ1n) is 10.1. The number of methoxy groups -OCH3 is 2. The maximum atomic E-state index is 13.7. The lowest BCUT2D eigenvalue weighted by atomic mass is 9.95. The number of esters is 1. The average molecular weight is 517 g/mol. The van der Waals surface area contributed by atoms with Gasteiger partial charge in [0.1, 0.15) is 22.2 Å². The number of ketones is 1. The van der Waals surface area contributed by atoms with E-state index < -0.39 is 35.3 Å². The van der Waals surface area contributed by atoms with Crippen molar-refractivity contribution in [1.29, 1.82) is 0 Å². The summed E-state index contributed by atoms with van der Waals surface area (Å²) in [5.74, 6) is -3.24. The van der Waals surface area contributed by atoms with E-state index in [2.05, 4.69) is 4.98 Å². The number of carbonyl (C=O) groups excluding carboxylic acids is 3. The third-order valence-corrected chi connectivity index (χ3v) is 6.85. The minimum Gasteiger partial charge on any atom is -0.507 e. The van der Waals surface area contributed by atoms with Crippen LogP contribution in [0.25, 0.3) is 5.76 Å². The fourth-order valence-corrected chi connectivity index (χ4v) is 5.00. The molecule has 35 heavy (non-hydrogen) atoms. The number of amides is 1. The van der Waals surface area contributed by atoms with E-state index in [1.807, 2.05) is 0 Å². The zero-order chi connectivity index (χ0) is 25.4. The van der Waals surface area contributed by atoms with Crippen molar-refractivity contribution >= 4 is 51.5 Å². The standard InChI is InChI=1S/C24H18ClFN2O6S/c1-11-21(23(32)34-3)35-24(27-11)28-18(12-4-7-14(26)8-5-12)17(20(30)22(28)31)19(29)13-6-9-16(33-2)15(25)10-13/h4-10,18,29H,1-3H3/t18-/m0/s1. The lowest BCUT2D eigenvalue weighted by Crippen LogP contribution is -2.29. The van der Waals surface area contributed by atoms with Crippen molar-refractivity contribution in [2.45, 2.75) is 13.0 Å². The van der Waals surface area contributed by atoms with Gasteiger partial charge < -0.3 is 14.6 Å². The lowest BCUT2D eigenvalue weighted by Gasteiger charge is -2.23. The smallest absolute Gasteiger partial charge is 0.350 e. The zero-order valence-corrected chi connectivity index (χ0v) is 20.2. The molecule has 0 unspecified atom stereocenters. The number of ether oxygens (including phenoxy) is 2. The highest BCUT2D eigenvalue weighted by atomic mass is 35.5. The van der Waals surface area contributed by atoms with E-state index >= 15 is 0 Å². The van der Waals surface area contributed by atoms with Gasteiger partial charge in [0.05, 0.1) is 36.6 Å². The molecular formula is C24H18ClFN2O6S. The number of hydrogen-bond acceptors (Lipinski definition) is 8. The summed E-state index contributed by atoms with van der Waals surface area (Å²) in [4.78, 5) is 44.0. The number of aliphatic hydroxyl groups is 1. The van der Waals surface area contributed by atoms with Gasteiger partial charge >= 0.3 is 11.9 Å². The maximum Gasteiger partial charge on any atom is 0.350 e. The zero-order valence-electron chi connectivity index (χ0n) is 18.7. The van der Waals surface area contributed by atoms with Crippen molar-refractivity contribution in [1.82, 2.24) is 4.98 Å². The highest BCUT2D eigenvalue weighted by molar-refractivity contribution is 7.17. The molecule has 1 aromatic heterocycles. The lowest BCUT2D eigenvalue weighted by molar-refractivity contribution is -0.132. The summed E-state index contributed by atoms with van der Waals surface area (Å²) < 4.78 is 23.6. The minimum absolute atomic E-state index is 0.0474. The van der Waals surface area contributed by atoms with Crippen molar-refractivity contribution in [2.24, 2.45) is 0 Å². The summed E-state index contributed by atoms with van der Waals surface area (Å²) >= 11 is 7.05. The fraction of sp³-hybridized carbons (Fsp3) is 0.167. The predicted molar refractivity (Wildman–Crippen MR) is 127 cm³/mol. The molecule has 0 bridgehead atoms. The van der Waals surface area contributed by atoms with Gasteiger partial charge in [-0.3, -0.25) is 14.5 Å². The number of aromatic nitrogens is 1. The molecule has 0 spiro atoms. The van der Waals surface area contributed by atoms with Crippen LogP contribution >= 0.6 is 22.9 Å². The minimum atomic E-state index is -1.15. The number of halogens is 2. The van der Waals surface area contributed by atoms with Crippen LogP contribution in [0.1, 0.15) is 32.5 Å². The molecule has 2 aromatic carbocycles. The van der Waals surface area contributed by atoms with E-state index in [1.165, 1.54) is 56.7 Å². The van der Waals surface area contributed by atoms with Gasteiger partial charge in [-0.05, 0) is 42.8 Å². The second kappa shape index (κ2) is 9.47. The summed E-state index contributed by atoms with van der Waals surface area (Å²) in [5, 5.41) is 11.4. The maximum absolute atomic E-state index is 13.7. The van der Waals surface area contributed by atoms with E-state index in [9.17, 15) is 23.9 Å². The summed E-state index contributed by atoms with van der Waals surface area (Å²) in [5.41, 5.74) is 0.583. The second-order valence-corrected chi connectivity index (χ2v) is 8.86. The molecule has 0 saturated carbocycles. The van der Waals surface area contributed by atoms with E-state index in [0.29, 0.717) is 17.0 Å². The molecule has 11 heteroatoms. The van der Waals surface area contributed by atoms with Gasteiger partial charge in [0, 0.05) is 5.56 Å². The van der Waals surface area contributed by atoms with E-state index in [-0.39, 0.29) is 26.2 Å². The van der Waals surface area contributed by atoms with Crippen molar-refractivity contribution < 1.29 is 33.4 Å². The SMILES string of the molecule is COC(=O)c1sc(N2C(=O)C(=O)C(=C(O)c3ccc(OC)c(Cl)c3)[C@@H]2c2ccc(F)cc2)nc1C. The van der Waals surface area contributed by atoms with Gasteiger partial charge in [0.2, 0.25) is 0 Å². The molecule has 0 radical (unpaired) electrons. The van der Waals surface area contributed by atoms with Crippen LogP contribution in [-0.4, -0.2) is 42.0 Å². The van der Waals surface area contributed by atoms with Crippen LogP contribution in [0.4, 0.5) is 9.52 Å². The number of anilines is 1. The Morgan fingerprint density at radius 3 is 2.46 bits per heavy atom. The first kappa shape index (κ1) is 24.4. The Morgan fingerprint density at radius 1 is 1.17 bits per heavy atom. The molecule has 180 valence electrons. The molecule has 1 amide bonds. The fourth-order valence-electron chi connectivity index (χ4n) is 3.73. The van der Waals surface area contributed by atoms with Gasteiger partial charge in [0.15, 0.2) is 5.13 Å². The van der Waals surface area contributed by atoms with E-state index in [1.54, 1.807) is 6.92 Å². The van der Waals surface area contributed by atoms with Crippen LogP contribution in [0.5, 0.6) is 5.75 Å². The molecule has 1 aliphatic heterocycles. The van der Waals surface area contributed by atoms with Crippen molar-refractivity contribution in [3.8, 4) is 5.75 Å². The number of benzene rings is 2. The monoisotopic (exact) mass is 516 g/mol. The Morgan fingerprint density at radius 2 is 1.86 bits per heavy atom. The first-order valence-corrected chi connectivity index (χ1v) is 11.3. The molecular weight excluding hydrogens is 499 g/mol. The summed E-state index contributed by atoms with van der Waals surface area (Å²) in [6, 6.07) is 8.38. The van der Waals surface area contributed by atoms with Crippen molar-refractivity contribution in [2.75, 3.05) is 19.1 Å². The number of aliphatic hydroxyl groups excluding tert-OH is 1. The van der Waals surface area contributed by atoms with Crippen molar-refractivity contribution in [3.63, 3.8) is 0 Å². The summed E-state index contributed by atoms with van der Waals surface area (Å²) in [6.45, 7) is 1.56. The van der Waals surface area contributed by atoms with Crippen LogP contribution in [0.15, 0.2) is 48.0 Å². The van der Waals surface area contributed by atoms with Gasteiger partial charge in [-0.25, -0.2) is 14.2 Å². The van der Waals surface area contributed by atoms with E-state index in [4.69, 9.17) is 21.1 Å². The van der Waals surface area contributed by atoms with Gasteiger partial charge in [-0.15, -0.1) is 0 Å². The summed E-state index contributed by atoms with van der Waals surface area (Å²) in [6.07, 6.45) is 0. The van der Waals surface area contributed by atoms with Crippen molar-refractivity contribution in [3.05, 3.63) is 80.6 Å². The number of aryl methyl sites for hydroxylation is 1. The van der Waals surface area contributed by atoms with E-state index in [0.717, 1.165) is 16.2 Å². The highest BCUT2D eigenvalue weighted by Gasteiger charge is 2.48. The Hall–Kier alpha value is -3.76. The van der Waals surface area contributed by atoms with Crippen LogP contribution in [0.2, 0.25) is 5.02 Å². The Balaban J connectivity index is 1.93. The molecule has 1 saturated heterocycles. The van der Waals surface area contributed by atoms with Crippen LogP contribution < -0.4 is 9.64 Å². The molecule has 1 fully saturated rings. The highest BCUT2D eigenvalue weighted by Crippen LogP contribution is 2.44. The number of nitrogens with zero attached hydrogens (tertiary/aromatic N) is 2. The van der Waals surface area contributed by atoms with Gasteiger partial charge in [-0.1, -0.05) is 35.1 Å². The molecule has 3 aromatic rings. The van der Waals surface area contributed by atoms with Crippen LogP contribution in [0.3, 0.4) is 0 Å². The molecule has 1 aliphatic rings. The Labute approximate surface area is 208 Å². The summed E-state index contributed by atoms with van der Waals surface area (Å²) in [7, 11) is 2.64. The Bertz CT molecular complexity index is 1390. The van der Waals surface area contributed by atoms with Crippen LogP contribution in [0, 0.1) is 12.7 Å². The largest absolute Gasteiger partial charge is 0.507 e. The number of Topliss-reactive ketones (excluding diaryl/α,β-unsaturated/α-hetero) is 1. The Kier molecular flexibility index (Phi) is 6.60. The first-order chi connectivity index (χ1) is 16.7. The molecule has 1 N–H and O–H groups in total. The second-order valence-electron chi connectivity index (χ2n) is 7.47. The average Bonchev–Trinajstić information content (AvgIpc) is 3.35. The third-order valence-electron chi connectivity index (χ3n) is 5.42. The van der Waals surface area contributed by atoms with Gasteiger partial charge in [-0.2, -0.15) is 0 Å². The number of rotatable bonds is 5. The molecule has 8 nitrogen and oxygen atoms in total. The molecule has 1 atom stereocenters. The molecule has 4 rings (SSSR count).